The van der Waals surface area contributed by atoms with E-state index in [1.807, 2.05) is 20.8 Å². The summed E-state index contributed by atoms with van der Waals surface area (Å²) in [7, 11) is 0. The Labute approximate surface area is 95.2 Å². The highest BCUT2D eigenvalue weighted by atomic mass is 35.5. The van der Waals surface area contributed by atoms with Gasteiger partial charge in [0.15, 0.2) is 5.78 Å². The van der Waals surface area contributed by atoms with Crippen LogP contribution in [0.1, 0.15) is 29.8 Å². The molecule has 0 bridgehead atoms. The number of rotatable bonds is 4. The van der Waals surface area contributed by atoms with Gasteiger partial charge in [0.1, 0.15) is 6.61 Å². The Kier molecular flexibility index (Phi) is 4.30. The molecule has 1 aromatic carbocycles. The summed E-state index contributed by atoms with van der Waals surface area (Å²) in [4.78, 5) is 11.7. The molecule has 0 N–H and O–H groups in total. The number of carbonyl (C=O) groups excluding carboxylic acids is 1. The molecule has 0 unspecified atom stereocenters. The van der Waals surface area contributed by atoms with Crippen LogP contribution >= 0.6 is 11.6 Å². The van der Waals surface area contributed by atoms with Crippen LogP contribution in [-0.4, -0.2) is 18.5 Å². The molecule has 1 aromatic rings. The zero-order valence-corrected chi connectivity index (χ0v) is 9.97. The van der Waals surface area contributed by atoms with Crippen LogP contribution < -0.4 is 0 Å². The lowest BCUT2D eigenvalue weighted by atomic mass is 10.1. The molecule has 0 saturated heterocycles. The molecule has 0 saturated carbocycles. The summed E-state index contributed by atoms with van der Waals surface area (Å²) < 4.78 is 5.26. The molecule has 0 atom stereocenters. The fourth-order valence-electron chi connectivity index (χ4n) is 1.26. The fraction of sp³-hybridized carbons (Fsp3) is 0.417. The van der Waals surface area contributed by atoms with Gasteiger partial charge in [-0.1, -0.05) is 11.6 Å². The first-order chi connectivity index (χ1) is 7.00. The number of Topliss-reactive ketones (excluding diaryl/α,β-unsaturated/α-hetero) is 1. The first-order valence-corrected chi connectivity index (χ1v) is 5.29. The van der Waals surface area contributed by atoms with Crippen LogP contribution in [0.3, 0.4) is 0 Å². The fourth-order valence-corrected chi connectivity index (χ4v) is 1.49. The van der Waals surface area contributed by atoms with Gasteiger partial charge >= 0.3 is 0 Å². The summed E-state index contributed by atoms with van der Waals surface area (Å²) in [6.07, 6.45) is 0.0709. The molecule has 0 aliphatic rings. The number of hydrogen-bond donors (Lipinski definition) is 0. The van der Waals surface area contributed by atoms with Crippen LogP contribution in [0, 0.1) is 6.92 Å². The molecule has 0 aromatic heterocycles. The molecule has 0 aliphatic carbocycles. The Balaban J connectivity index is 2.74. The molecule has 3 heteroatoms. The molecule has 0 heterocycles. The van der Waals surface area contributed by atoms with Gasteiger partial charge in [-0.3, -0.25) is 4.79 Å². The van der Waals surface area contributed by atoms with Crippen molar-refractivity contribution in [2.45, 2.75) is 26.9 Å². The summed E-state index contributed by atoms with van der Waals surface area (Å²) in [5.41, 5.74) is 1.57. The van der Waals surface area contributed by atoms with Crippen LogP contribution in [0.2, 0.25) is 5.02 Å². The van der Waals surface area contributed by atoms with E-state index in [-0.39, 0.29) is 18.5 Å². The first-order valence-electron chi connectivity index (χ1n) is 4.91. The minimum Gasteiger partial charge on any atom is -0.371 e. The number of ketones is 1. The normalized spacial score (nSPS) is 10.7. The Bertz CT molecular complexity index is 359. The number of benzene rings is 1. The molecule has 2 nitrogen and oxygen atoms in total. The number of aryl methyl sites for hydroxylation is 1. The lowest BCUT2D eigenvalue weighted by Gasteiger charge is -2.08. The third-order valence-electron chi connectivity index (χ3n) is 2.04. The minimum atomic E-state index is -0.00198. The van der Waals surface area contributed by atoms with Crippen LogP contribution in [0.25, 0.3) is 0 Å². The summed E-state index contributed by atoms with van der Waals surface area (Å²) in [5.74, 6) is -0.00198. The van der Waals surface area contributed by atoms with Crippen LogP contribution in [0.15, 0.2) is 18.2 Å². The van der Waals surface area contributed by atoms with Crippen molar-refractivity contribution in [3.8, 4) is 0 Å². The van der Waals surface area contributed by atoms with E-state index in [1.165, 1.54) is 0 Å². The van der Waals surface area contributed by atoms with Gasteiger partial charge in [0.25, 0.3) is 0 Å². The molecule has 0 fully saturated rings. The van der Waals surface area contributed by atoms with E-state index in [2.05, 4.69) is 0 Å². The highest BCUT2D eigenvalue weighted by Crippen LogP contribution is 2.15. The lowest BCUT2D eigenvalue weighted by molar-refractivity contribution is 0.0584. The largest absolute Gasteiger partial charge is 0.371 e. The smallest absolute Gasteiger partial charge is 0.188 e. The van der Waals surface area contributed by atoms with E-state index >= 15 is 0 Å². The molecule has 0 radical (unpaired) electrons. The minimum absolute atomic E-state index is 0.00198. The molecule has 82 valence electrons. The van der Waals surface area contributed by atoms with Crippen molar-refractivity contribution >= 4 is 17.4 Å². The molecular weight excluding hydrogens is 212 g/mol. The number of halogens is 1. The van der Waals surface area contributed by atoms with E-state index in [1.54, 1.807) is 18.2 Å². The van der Waals surface area contributed by atoms with E-state index in [9.17, 15) is 4.79 Å². The Morgan fingerprint density at radius 2 is 2.13 bits per heavy atom. The molecule has 0 spiro atoms. The van der Waals surface area contributed by atoms with Gasteiger partial charge in [-0.15, -0.1) is 0 Å². The Morgan fingerprint density at radius 3 is 2.67 bits per heavy atom. The summed E-state index contributed by atoms with van der Waals surface area (Å²) in [5, 5.41) is 0.647. The van der Waals surface area contributed by atoms with Gasteiger partial charge in [0.05, 0.1) is 6.10 Å². The highest BCUT2D eigenvalue weighted by molar-refractivity contribution is 6.30. The molecule has 0 aliphatic heterocycles. The average Bonchev–Trinajstić information content (AvgIpc) is 2.14. The van der Waals surface area contributed by atoms with Gasteiger partial charge in [0.2, 0.25) is 0 Å². The second kappa shape index (κ2) is 5.29. The van der Waals surface area contributed by atoms with Crippen molar-refractivity contribution in [2.24, 2.45) is 0 Å². The maximum Gasteiger partial charge on any atom is 0.188 e. The zero-order chi connectivity index (χ0) is 11.4. The monoisotopic (exact) mass is 226 g/mol. The Morgan fingerprint density at radius 1 is 1.47 bits per heavy atom. The quantitative estimate of drug-likeness (QED) is 0.737. The van der Waals surface area contributed by atoms with E-state index in [0.29, 0.717) is 10.6 Å². The average molecular weight is 227 g/mol. The summed E-state index contributed by atoms with van der Waals surface area (Å²) in [6, 6.07) is 5.24. The predicted octanol–water partition coefficient (Wildman–Crippen LogP) is 3.26. The van der Waals surface area contributed by atoms with Gasteiger partial charge in [-0.2, -0.15) is 0 Å². The maximum absolute atomic E-state index is 11.7. The predicted molar refractivity (Wildman–Crippen MR) is 61.6 cm³/mol. The SMILES string of the molecule is Cc1cc(Cl)ccc1C(=O)COC(C)C. The van der Waals surface area contributed by atoms with E-state index in [4.69, 9.17) is 16.3 Å². The van der Waals surface area contributed by atoms with Gasteiger partial charge in [0, 0.05) is 10.6 Å². The Hall–Kier alpha value is -0.860. The zero-order valence-electron chi connectivity index (χ0n) is 9.21. The number of ether oxygens (including phenoxy) is 1. The second-order valence-corrected chi connectivity index (χ2v) is 4.18. The van der Waals surface area contributed by atoms with Gasteiger partial charge in [-0.05, 0) is 44.5 Å². The topological polar surface area (TPSA) is 26.3 Å². The van der Waals surface area contributed by atoms with Crippen LogP contribution in [0.4, 0.5) is 0 Å². The molecular formula is C12H15ClO2. The van der Waals surface area contributed by atoms with Crippen molar-refractivity contribution in [1.29, 1.82) is 0 Å². The van der Waals surface area contributed by atoms with Crippen LogP contribution in [0.5, 0.6) is 0 Å². The summed E-state index contributed by atoms with van der Waals surface area (Å²) >= 11 is 5.81. The first kappa shape index (κ1) is 12.2. The maximum atomic E-state index is 11.7. The van der Waals surface area contributed by atoms with Crippen molar-refractivity contribution in [1.82, 2.24) is 0 Å². The second-order valence-electron chi connectivity index (χ2n) is 3.74. The standard InChI is InChI=1S/C12H15ClO2/c1-8(2)15-7-12(14)11-5-4-10(13)6-9(11)3/h4-6,8H,7H2,1-3H3. The van der Waals surface area contributed by atoms with Crippen molar-refractivity contribution < 1.29 is 9.53 Å². The number of carbonyl (C=O) groups is 1. The third kappa shape index (κ3) is 3.65. The van der Waals surface area contributed by atoms with E-state index in [0.717, 1.165) is 5.56 Å². The van der Waals surface area contributed by atoms with E-state index < -0.39 is 0 Å². The molecule has 0 amide bonds. The highest BCUT2D eigenvalue weighted by Gasteiger charge is 2.10. The van der Waals surface area contributed by atoms with Gasteiger partial charge < -0.3 is 4.74 Å². The number of hydrogen-bond acceptors (Lipinski definition) is 2. The summed E-state index contributed by atoms with van der Waals surface area (Å²) in [6.45, 7) is 5.80. The van der Waals surface area contributed by atoms with Crippen molar-refractivity contribution in [2.75, 3.05) is 6.61 Å². The van der Waals surface area contributed by atoms with Crippen molar-refractivity contribution in [3.05, 3.63) is 34.3 Å². The lowest BCUT2D eigenvalue weighted by Crippen LogP contribution is -2.14. The third-order valence-corrected chi connectivity index (χ3v) is 2.27. The molecule has 15 heavy (non-hydrogen) atoms. The van der Waals surface area contributed by atoms with Crippen molar-refractivity contribution in [3.63, 3.8) is 0 Å². The molecule has 1 rings (SSSR count). The van der Waals surface area contributed by atoms with Crippen LogP contribution in [-0.2, 0) is 4.74 Å². The van der Waals surface area contributed by atoms with Gasteiger partial charge in [-0.25, -0.2) is 0 Å².